The molecular formula is C14H13NOS. The van der Waals surface area contributed by atoms with Gasteiger partial charge in [-0.05, 0) is 17.9 Å². The van der Waals surface area contributed by atoms with Gasteiger partial charge in [0.2, 0.25) is 0 Å². The van der Waals surface area contributed by atoms with Gasteiger partial charge in [0.15, 0.2) is 0 Å². The third kappa shape index (κ3) is 2.29. The first-order valence-electron chi connectivity index (χ1n) is 5.80. The average molecular weight is 243 g/mol. The predicted octanol–water partition coefficient (Wildman–Crippen LogP) is 3.06. The van der Waals surface area contributed by atoms with Gasteiger partial charge in [-0.15, -0.1) is 11.3 Å². The molecule has 0 bridgehead atoms. The molecule has 1 aliphatic rings. The molecule has 0 radical (unpaired) electrons. The van der Waals surface area contributed by atoms with Gasteiger partial charge < -0.3 is 0 Å². The van der Waals surface area contributed by atoms with Crippen LogP contribution in [0.3, 0.4) is 0 Å². The molecule has 0 amide bonds. The normalized spacial score (nSPS) is 22.4. The van der Waals surface area contributed by atoms with E-state index in [4.69, 9.17) is 0 Å². The van der Waals surface area contributed by atoms with Crippen LogP contribution in [0.25, 0.3) is 0 Å². The molecule has 2 nitrogen and oxygen atoms in total. The van der Waals surface area contributed by atoms with Crippen molar-refractivity contribution in [3.8, 4) is 0 Å². The lowest BCUT2D eigenvalue weighted by Crippen LogP contribution is -2.06. The number of carbonyl (C=O) groups excluding carboxylic acids is 1. The lowest BCUT2D eigenvalue weighted by atomic mass is 10.1. The summed E-state index contributed by atoms with van der Waals surface area (Å²) in [4.78, 5) is 16.2. The molecule has 1 heterocycles. The van der Waals surface area contributed by atoms with Crippen molar-refractivity contribution in [2.24, 2.45) is 5.92 Å². The Balaban J connectivity index is 1.63. The second kappa shape index (κ2) is 4.41. The van der Waals surface area contributed by atoms with E-state index in [1.807, 2.05) is 23.6 Å². The third-order valence-corrected chi connectivity index (χ3v) is 4.02. The molecule has 1 aromatic heterocycles. The van der Waals surface area contributed by atoms with Crippen molar-refractivity contribution < 1.29 is 4.79 Å². The number of thiazole rings is 1. The zero-order valence-electron chi connectivity index (χ0n) is 9.37. The van der Waals surface area contributed by atoms with Gasteiger partial charge in [-0.1, -0.05) is 30.3 Å². The number of benzene rings is 1. The molecule has 0 aliphatic heterocycles. The maximum absolute atomic E-state index is 12.0. The summed E-state index contributed by atoms with van der Waals surface area (Å²) in [6, 6.07) is 10.3. The second-order valence-electron chi connectivity index (χ2n) is 4.43. The van der Waals surface area contributed by atoms with E-state index < -0.39 is 0 Å². The van der Waals surface area contributed by atoms with Crippen LogP contribution in [0.5, 0.6) is 0 Å². The molecule has 2 unspecified atom stereocenters. The molecule has 1 aliphatic carbocycles. The van der Waals surface area contributed by atoms with E-state index in [-0.39, 0.29) is 5.92 Å². The highest BCUT2D eigenvalue weighted by atomic mass is 32.1. The van der Waals surface area contributed by atoms with Crippen molar-refractivity contribution in [1.82, 2.24) is 4.98 Å². The Labute approximate surface area is 104 Å². The van der Waals surface area contributed by atoms with Crippen LogP contribution >= 0.6 is 11.3 Å². The number of aromatic nitrogens is 1. The molecule has 0 N–H and O–H groups in total. The van der Waals surface area contributed by atoms with Crippen LogP contribution in [-0.4, -0.2) is 10.8 Å². The second-order valence-corrected chi connectivity index (χ2v) is 5.41. The molecule has 17 heavy (non-hydrogen) atoms. The first-order valence-corrected chi connectivity index (χ1v) is 6.68. The minimum absolute atomic E-state index is 0.223. The molecular weight excluding hydrogens is 230 g/mol. The summed E-state index contributed by atoms with van der Waals surface area (Å²) in [5, 5.41) is 2.86. The Morgan fingerprint density at radius 2 is 2.18 bits per heavy atom. The maximum atomic E-state index is 12.0. The molecule has 1 saturated carbocycles. The van der Waals surface area contributed by atoms with Crippen molar-refractivity contribution >= 4 is 17.1 Å². The minimum Gasteiger partial charge on any atom is -0.299 e. The fraction of sp³-hybridized carbons (Fsp3) is 0.286. The van der Waals surface area contributed by atoms with Gasteiger partial charge in [0.05, 0.1) is 11.4 Å². The first-order chi connectivity index (χ1) is 8.34. The Hall–Kier alpha value is -1.48. The molecule has 2 aromatic rings. The van der Waals surface area contributed by atoms with Gasteiger partial charge in [0.1, 0.15) is 5.78 Å². The monoisotopic (exact) mass is 243 g/mol. The number of hydrogen-bond acceptors (Lipinski definition) is 3. The summed E-state index contributed by atoms with van der Waals surface area (Å²) in [7, 11) is 0. The average Bonchev–Trinajstić information content (AvgIpc) is 3.02. The summed E-state index contributed by atoms with van der Waals surface area (Å²) >= 11 is 1.56. The van der Waals surface area contributed by atoms with Crippen LogP contribution in [0.15, 0.2) is 41.9 Å². The molecule has 1 fully saturated rings. The third-order valence-electron chi connectivity index (χ3n) is 3.24. The fourth-order valence-corrected chi connectivity index (χ4v) is 2.87. The summed E-state index contributed by atoms with van der Waals surface area (Å²) in [5.74, 6) is 1.01. The number of carbonyl (C=O) groups is 1. The van der Waals surface area contributed by atoms with Crippen LogP contribution < -0.4 is 0 Å². The maximum Gasteiger partial charge on any atom is 0.143 e. The van der Waals surface area contributed by atoms with Gasteiger partial charge in [-0.3, -0.25) is 4.79 Å². The Kier molecular flexibility index (Phi) is 2.77. The van der Waals surface area contributed by atoms with E-state index in [1.165, 1.54) is 5.56 Å². The number of nitrogens with zero attached hydrogens (tertiary/aromatic N) is 1. The standard InChI is InChI=1S/C14H13NOS/c16-13(9-14-15-6-7-17-14)12-8-11(12)10-4-2-1-3-5-10/h1-7,11-12H,8-9H2. The number of Topliss-reactive ketones (excluding diaryl/α,β-unsaturated/α-hetero) is 1. The number of hydrogen-bond donors (Lipinski definition) is 0. The number of ketones is 1. The Morgan fingerprint density at radius 1 is 1.35 bits per heavy atom. The minimum atomic E-state index is 0.223. The van der Waals surface area contributed by atoms with Gasteiger partial charge in [0, 0.05) is 17.5 Å². The van der Waals surface area contributed by atoms with E-state index in [0.29, 0.717) is 18.1 Å². The Morgan fingerprint density at radius 3 is 2.88 bits per heavy atom. The highest BCUT2D eigenvalue weighted by Crippen LogP contribution is 2.48. The van der Waals surface area contributed by atoms with Crippen molar-refractivity contribution in [1.29, 1.82) is 0 Å². The zero-order valence-corrected chi connectivity index (χ0v) is 10.2. The number of rotatable bonds is 4. The van der Waals surface area contributed by atoms with Gasteiger partial charge in [-0.2, -0.15) is 0 Å². The zero-order chi connectivity index (χ0) is 11.7. The topological polar surface area (TPSA) is 30.0 Å². The molecule has 86 valence electrons. The van der Waals surface area contributed by atoms with Crippen molar-refractivity contribution in [3.05, 3.63) is 52.5 Å². The van der Waals surface area contributed by atoms with Crippen molar-refractivity contribution in [2.75, 3.05) is 0 Å². The summed E-state index contributed by atoms with van der Waals surface area (Å²) < 4.78 is 0. The van der Waals surface area contributed by atoms with E-state index in [0.717, 1.165) is 11.4 Å². The highest BCUT2D eigenvalue weighted by Gasteiger charge is 2.43. The van der Waals surface area contributed by atoms with E-state index >= 15 is 0 Å². The SMILES string of the molecule is O=C(Cc1nccs1)C1CC1c1ccccc1. The van der Waals surface area contributed by atoms with Gasteiger partial charge in [0.25, 0.3) is 0 Å². The molecule has 0 saturated heterocycles. The van der Waals surface area contributed by atoms with Crippen LogP contribution in [0.1, 0.15) is 22.9 Å². The molecule has 1 aromatic carbocycles. The molecule has 3 heteroatoms. The predicted molar refractivity (Wildman–Crippen MR) is 68.1 cm³/mol. The fourth-order valence-electron chi connectivity index (χ4n) is 2.24. The smallest absolute Gasteiger partial charge is 0.143 e. The van der Waals surface area contributed by atoms with Crippen LogP contribution in [0.4, 0.5) is 0 Å². The van der Waals surface area contributed by atoms with Crippen LogP contribution in [0, 0.1) is 5.92 Å². The van der Waals surface area contributed by atoms with Crippen molar-refractivity contribution in [3.63, 3.8) is 0 Å². The van der Waals surface area contributed by atoms with E-state index in [2.05, 4.69) is 17.1 Å². The van der Waals surface area contributed by atoms with Crippen LogP contribution in [0.2, 0.25) is 0 Å². The van der Waals surface area contributed by atoms with E-state index in [9.17, 15) is 4.79 Å². The summed E-state index contributed by atoms with van der Waals surface area (Å²) in [6.45, 7) is 0. The molecule has 2 atom stereocenters. The lowest BCUT2D eigenvalue weighted by molar-refractivity contribution is -0.119. The van der Waals surface area contributed by atoms with Crippen LogP contribution in [-0.2, 0) is 11.2 Å². The molecule has 3 rings (SSSR count). The lowest BCUT2D eigenvalue weighted by Gasteiger charge is -1.99. The Bertz CT molecular complexity index is 506. The molecule has 0 spiro atoms. The van der Waals surface area contributed by atoms with Gasteiger partial charge in [-0.25, -0.2) is 4.98 Å². The highest BCUT2D eigenvalue weighted by molar-refractivity contribution is 7.09. The summed E-state index contributed by atoms with van der Waals surface area (Å²) in [5.41, 5.74) is 1.30. The quantitative estimate of drug-likeness (QED) is 0.826. The largest absolute Gasteiger partial charge is 0.299 e. The van der Waals surface area contributed by atoms with Gasteiger partial charge >= 0.3 is 0 Å². The van der Waals surface area contributed by atoms with Crippen molar-refractivity contribution in [2.45, 2.75) is 18.8 Å². The summed E-state index contributed by atoms with van der Waals surface area (Å²) in [6.07, 6.45) is 3.27. The first kappa shape index (κ1) is 10.7. The van der Waals surface area contributed by atoms with E-state index in [1.54, 1.807) is 17.5 Å².